The number of hydrogen-bond donors (Lipinski definition) is 1. The van der Waals surface area contributed by atoms with Crippen molar-refractivity contribution >= 4 is 33.7 Å². The van der Waals surface area contributed by atoms with Gasteiger partial charge in [-0.3, -0.25) is 4.79 Å². The second-order valence-corrected chi connectivity index (χ2v) is 5.83. The lowest BCUT2D eigenvalue weighted by Gasteiger charge is -2.13. The summed E-state index contributed by atoms with van der Waals surface area (Å²) in [7, 11) is 4.55. The Kier molecular flexibility index (Phi) is 7.18. The molecule has 0 saturated carbocycles. The minimum Gasteiger partial charge on any atom is -0.496 e. The number of halogens is 1. The number of carbonyl (C=O) groups is 1. The fraction of sp³-hybridized carbons (Fsp3) is 0.462. The van der Waals surface area contributed by atoms with Gasteiger partial charge < -0.3 is 19.9 Å². The van der Waals surface area contributed by atoms with Crippen LogP contribution in [0, 0.1) is 0 Å². The topological polar surface area (TPSA) is 70.8 Å². The fourth-order valence-corrected chi connectivity index (χ4v) is 2.99. The Morgan fingerprint density at radius 1 is 1.30 bits per heavy atom. The zero-order chi connectivity index (χ0) is 15.1. The van der Waals surface area contributed by atoms with Crippen LogP contribution in [-0.4, -0.2) is 39.1 Å². The van der Waals surface area contributed by atoms with E-state index in [-0.39, 0.29) is 0 Å². The number of rotatable bonds is 7. The molecule has 0 aromatic heterocycles. The lowest BCUT2D eigenvalue weighted by Crippen LogP contribution is -2.33. The van der Waals surface area contributed by atoms with E-state index >= 15 is 0 Å². The first-order valence-corrected chi connectivity index (χ1v) is 7.79. The van der Waals surface area contributed by atoms with Gasteiger partial charge in [-0.2, -0.15) is 11.8 Å². The number of carbonyl (C=O) groups excluding carboxylic acids is 1. The predicted molar refractivity (Wildman–Crippen MR) is 83.4 cm³/mol. The molecule has 7 heteroatoms. The second kappa shape index (κ2) is 8.39. The smallest absolute Gasteiger partial charge is 0.323 e. The van der Waals surface area contributed by atoms with E-state index in [1.807, 2.05) is 12.1 Å². The van der Waals surface area contributed by atoms with Crippen molar-refractivity contribution in [2.75, 3.05) is 27.1 Å². The van der Waals surface area contributed by atoms with E-state index in [4.69, 9.17) is 15.2 Å². The van der Waals surface area contributed by atoms with Crippen LogP contribution in [0.2, 0.25) is 0 Å². The molecular formula is C13H18BrNO4S. The van der Waals surface area contributed by atoms with Gasteiger partial charge in [0, 0.05) is 17.1 Å². The molecule has 0 heterocycles. The van der Waals surface area contributed by atoms with Crippen LogP contribution >= 0.6 is 27.7 Å². The number of hydrogen-bond acceptors (Lipinski definition) is 6. The first kappa shape index (κ1) is 17.1. The molecule has 1 aromatic rings. The number of methoxy groups -OCH3 is 3. The maximum absolute atomic E-state index is 11.2. The predicted octanol–water partition coefficient (Wildman–Crippen LogP) is 2.20. The minimum atomic E-state index is -0.617. The highest BCUT2D eigenvalue weighted by atomic mass is 79.9. The van der Waals surface area contributed by atoms with Crippen LogP contribution in [0.1, 0.15) is 5.56 Å². The van der Waals surface area contributed by atoms with Crippen LogP contribution in [0.3, 0.4) is 0 Å². The van der Waals surface area contributed by atoms with Gasteiger partial charge in [0.1, 0.15) is 17.5 Å². The fourth-order valence-electron chi connectivity index (χ4n) is 1.55. The van der Waals surface area contributed by atoms with Crippen molar-refractivity contribution in [2.45, 2.75) is 11.8 Å². The molecule has 1 unspecified atom stereocenters. The van der Waals surface area contributed by atoms with Crippen LogP contribution in [-0.2, 0) is 15.3 Å². The number of esters is 1. The summed E-state index contributed by atoms with van der Waals surface area (Å²) >= 11 is 4.95. The zero-order valence-corrected chi connectivity index (χ0v) is 14.0. The summed E-state index contributed by atoms with van der Waals surface area (Å²) in [5.74, 6) is 2.24. The van der Waals surface area contributed by atoms with E-state index in [9.17, 15) is 4.79 Å². The molecule has 0 spiro atoms. The van der Waals surface area contributed by atoms with Crippen molar-refractivity contribution in [3.8, 4) is 11.5 Å². The van der Waals surface area contributed by atoms with Crippen molar-refractivity contribution in [3.63, 3.8) is 0 Å². The van der Waals surface area contributed by atoms with Gasteiger partial charge in [0.15, 0.2) is 0 Å². The van der Waals surface area contributed by atoms with Crippen LogP contribution in [0.5, 0.6) is 11.5 Å². The van der Waals surface area contributed by atoms with Crippen LogP contribution in [0.15, 0.2) is 16.6 Å². The third-order valence-electron chi connectivity index (χ3n) is 2.61. The average molecular weight is 364 g/mol. The summed E-state index contributed by atoms with van der Waals surface area (Å²) < 4.78 is 16.0. The number of benzene rings is 1. The molecule has 0 amide bonds. The summed E-state index contributed by atoms with van der Waals surface area (Å²) in [5.41, 5.74) is 6.66. The Hall–Kier alpha value is -0.920. The molecule has 0 aliphatic carbocycles. The first-order valence-electron chi connectivity index (χ1n) is 5.85. The molecule has 20 heavy (non-hydrogen) atoms. The molecule has 0 aliphatic rings. The minimum absolute atomic E-state index is 0.405. The quantitative estimate of drug-likeness (QED) is 0.748. The number of nitrogens with two attached hydrogens (primary N) is 1. The largest absolute Gasteiger partial charge is 0.496 e. The van der Waals surface area contributed by atoms with Gasteiger partial charge >= 0.3 is 5.97 Å². The van der Waals surface area contributed by atoms with Crippen LogP contribution in [0.25, 0.3) is 0 Å². The highest BCUT2D eigenvalue weighted by Crippen LogP contribution is 2.34. The Morgan fingerprint density at radius 3 is 2.50 bits per heavy atom. The molecule has 1 atom stereocenters. The molecule has 112 valence electrons. The van der Waals surface area contributed by atoms with Crippen LogP contribution in [0.4, 0.5) is 0 Å². The van der Waals surface area contributed by atoms with E-state index in [0.29, 0.717) is 11.5 Å². The Balaban J connectivity index is 2.69. The summed E-state index contributed by atoms with van der Waals surface area (Å²) in [4.78, 5) is 11.2. The molecule has 0 aliphatic heterocycles. The summed E-state index contributed by atoms with van der Waals surface area (Å²) in [6, 6.07) is 3.14. The molecule has 0 bridgehead atoms. The molecule has 5 nitrogen and oxygen atoms in total. The van der Waals surface area contributed by atoms with Crippen LogP contribution < -0.4 is 15.2 Å². The van der Waals surface area contributed by atoms with Crippen molar-refractivity contribution in [1.29, 1.82) is 0 Å². The second-order valence-electron chi connectivity index (χ2n) is 3.94. The normalized spacial score (nSPS) is 11.8. The summed E-state index contributed by atoms with van der Waals surface area (Å²) in [5, 5.41) is 0. The Morgan fingerprint density at radius 2 is 1.95 bits per heavy atom. The summed E-state index contributed by atoms with van der Waals surface area (Å²) in [6.45, 7) is 0. The maximum Gasteiger partial charge on any atom is 0.323 e. The molecule has 0 radical (unpaired) electrons. The first-order chi connectivity index (χ1) is 9.53. The van der Waals surface area contributed by atoms with Gasteiger partial charge in [0.05, 0.1) is 25.8 Å². The van der Waals surface area contributed by atoms with Crippen molar-refractivity contribution in [2.24, 2.45) is 5.73 Å². The lowest BCUT2D eigenvalue weighted by atomic mass is 10.2. The Labute approximate surface area is 131 Å². The van der Waals surface area contributed by atoms with Crippen molar-refractivity contribution in [1.82, 2.24) is 0 Å². The molecule has 2 N–H and O–H groups in total. The molecule has 0 saturated heterocycles. The van der Waals surface area contributed by atoms with Gasteiger partial charge in [0.25, 0.3) is 0 Å². The van der Waals surface area contributed by atoms with Gasteiger partial charge in [0.2, 0.25) is 0 Å². The van der Waals surface area contributed by atoms with Gasteiger partial charge in [-0.15, -0.1) is 0 Å². The van der Waals surface area contributed by atoms with Crippen molar-refractivity contribution < 1.29 is 19.0 Å². The standard InChI is InChI=1S/C13H18BrNO4S/c1-17-11-5-9(14)12(18-2)4-8(11)6-20-7-10(15)13(16)19-3/h4-5,10H,6-7,15H2,1-3H3. The zero-order valence-electron chi connectivity index (χ0n) is 11.6. The Bertz CT molecular complexity index is 470. The third-order valence-corrected chi connectivity index (χ3v) is 4.34. The van der Waals surface area contributed by atoms with E-state index in [1.54, 1.807) is 14.2 Å². The third kappa shape index (κ3) is 4.57. The number of ether oxygens (including phenoxy) is 3. The van der Waals surface area contributed by atoms with Gasteiger partial charge in [-0.25, -0.2) is 0 Å². The summed E-state index contributed by atoms with van der Waals surface area (Å²) in [6.07, 6.45) is 0. The molecular weight excluding hydrogens is 346 g/mol. The number of thioether (sulfide) groups is 1. The molecule has 1 aromatic carbocycles. The highest BCUT2D eigenvalue weighted by molar-refractivity contribution is 9.10. The average Bonchev–Trinajstić information content (AvgIpc) is 2.46. The van der Waals surface area contributed by atoms with E-state index in [0.717, 1.165) is 21.5 Å². The van der Waals surface area contributed by atoms with E-state index in [1.165, 1.54) is 18.9 Å². The van der Waals surface area contributed by atoms with E-state index in [2.05, 4.69) is 20.7 Å². The van der Waals surface area contributed by atoms with E-state index < -0.39 is 12.0 Å². The SMILES string of the molecule is COC(=O)C(N)CSCc1cc(OC)c(Br)cc1OC. The van der Waals surface area contributed by atoms with Gasteiger partial charge in [-0.1, -0.05) is 0 Å². The molecule has 1 rings (SSSR count). The maximum atomic E-state index is 11.2. The molecule has 0 fully saturated rings. The lowest BCUT2D eigenvalue weighted by molar-refractivity contribution is -0.141. The van der Waals surface area contributed by atoms with Crippen molar-refractivity contribution in [3.05, 3.63) is 22.2 Å². The van der Waals surface area contributed by atoms with Gasteiger partial charge in [-0.05, 0) is 28.1 Å². The highest BCUT2D eigenvalue weighted by Gasteiger charge is 2.15. The monoisotopic (exact) mass is 363 g/mol.